The standard InChI is InChI=1S/C4H10O4S.Na.H/c1-4(5)2-3-9(6,7)8;;/h4-5H,2-3H2,1H3,(H,6,7,8);;. The summed E-state index contributed by atoms with van der Waals surface area (Å²) in [5.41, 5.74) is 0. The van der Waals surface area contributed by atoms with Gasteiger partial charge in [0.2, 0.25) is 0 Å². The van der Waals surface area contributed by atoms with Crippen LogP contribution in [-0.2, 0) is 10.1 Å². The summed E-state index contributed by atoms with van der Waals surface area (Å²) in [6.45, 7) is 1.46. The van der Waals surface area contributed by atoms with Gasteiger partial charge in [0, 0.05) is 0 Å². The zero-order chi connectivity index (χ0) is 7.49. The molecule has 0 aromatic carbocycles. The molecule has 0 rings (SSSR count). The Morgan fingerprint density at radius 2 is 1.90 bits per heavy atom. The van der Waals surface area contributed by atoms with Crippen LogP contribution in [0.25, 0.3) is 0 Å². The van der Waals surface area contributed by atoms with Crippen LogP contribution >= 0.6 is 0 Å². The number of hydrogen-bond acceptors (Lipinski definition) is 3. The van der Waals surface area contributed by atoms with E-state index in [0.29, 0.717) is 0 Å². The van der Waals surface area contributed by atoms with Crippen molar-refractivity contribution in [1.82, 2.24) is 0 Å². The average molecular weight is 178 g/mol. The molecule has 58 valence electrons. The summed E-state index contributed by atoms with van der Waals surface area (Å²) >= 11 is 0. The Labute approximate surface area is 82.7 Å². The first-order valence-corrected chi connectivity index (χ1v) is 4.16. The van der Waals surface area contributed by atoms with Crippen LogP contribution in [0.2, 0.25) is 0 Å². The second-order valence-electron chi connectivity index (χ2n) is 1.92. The van der Waals surface area contributed by atoms with Gasteiger partial charge in [-0.1, -0.05) is 0 Å². The van der Waals surface area contributed by atoms with Gasteiger partial charge in [0.1, 0.15) is 0 Å². The topological polar surface area (TPSA) is 74.6 Å². The Morgan fingerprint density at radius 1 is 1.50 bits per heavy atom. The van der Waals surface area contributed by atoms with Crippen molar-refractivity contribution in [2.75, 3.05) is 5.75 Å². The molecule has 4 nitrogen and oxygen atoms in total. The molecule has 2 N–H and O–H groups in total. The van der Waals surface area contributed by atoms with Crippen molar-refractivity contribution >= 4 is 39.7 Å². The molecule has 0 radical (unpaired) electrons. The molecule has 0 fully saturated rings. The summed E-state index contributed by atoms with van der Waals surface area (Å²) in [5, 5.41) is 8.54. The van der Waals surface area contributed by atoms with Crippen LogP contribution < -0.4 is 0 Å². The van der Waals surface area contributed by atoms with E-state index in [1.165, 1.54) is 6.92 Å². The van der Waals surface area contributed by atoms with Gasteiger partial charge in [-0.3, -0.25) is 4.55 Å². The molecule has 1 unspecified atom stereocenters. The SMILES string of the molecule is CC(O)CCS(=O)(=O)O.[NaH]. The second kappa shape index (κ2) is 5.51. The molecule has 0 bridgehead atoms. The fraction of sp³-hybridized carbons (Fsp3) is 1.00. The van der Waals surface area contributed by atoms with Crippen LogP contribution in [0.4, 0.5) is 0 Å². The molecule has 0 saturated carbocycles. The molecular weight excluding hydrogens is 167 g/mol. The van der Waals surface area contributed by atoms with Gasteiger partial charge >= 0.3 is 29.6 Å². The van der Waals surface area contributed by atoms with E-state index in [2.05, 4.69) is 0 Å². The molecule has 0 heterocycles. The van der Waals surface area contributed by atoms with Crippen LogP contribution in [0.3, 0.4) is 0 Å². The van der Waals surface area contributed by atoms with Crippen molar-refractivity contribution in [3.8, 4) is 0 Å². The monoisotopic (exact) mass is 178 g/mol. The molecule has 0 aromatic heterocycles. The molecule has 0 amide bonds. The van der Waals surface area contributed by atoms with E-state index < -0.39 is 16.2 Å². The van der Waals surface area contributed by atoms with Crippen LogP contribution in [0.1, 0.15) is 13.3 Å². The molecule has 0 spiro atoms. The Bertz CT molecular complexity index is 162. The number of hydrogen-bond donors (Lipinski definition) is 2. The molecule has 0 aromatic rings. The molecule has 0 aliphatic carbocycles. The maximum atomic E-state index is 9.98. The predicted molar refractivity (Wildman–Crippen MR) is 39.9 cm³/mol. The van der Waals surface area contributed by atoms with E-state index in [4.69, 9.17) is 9.66 Å². The number of rotatable bonds is 3. The van der Waals surface area contributed by atoms with Crippen LogP contribution in [0.5, 0.6) is 0 Å². The van der Waals surface area contributed by atoms with Crippen LogP contribution in [-0.4, -0.2) is 59.5 Å². The Morgan fingerprint density at radius 3 is 2.00 bits per heavy atom. The van der Waals surface area contributed by atoms with Gasteiger partial charge in [0.05, 0.1) is 11.9 Å². The summed E-state index contributed by atoms with van der Waals surface area (Å²) in [5.74, 6) is -0.370. The van der Waals surface area contributed by atoms with E-state index in [1.807, 2.05) is 0 Å². The van der Waals surface area contributed by atoms with Crippen LogP contribution in [0.15, 0.2) is 0 Å². The summed E-state index contributed by atoms with van der Waals surface area (Å²) in [4.78, 5) is 0. The molecular formula is C4H11NaO4S. The van der Waals surface area contributed by atoms with Gasteiger partial charge < -0.3 is 5.11 Å². The minimum atomic E-state index is -3.88. The van der Waals surface area contributed by atoms with Crippen molar-refractivity contribution in [2.45, 2.75) is 19.4 Å². The maximum absolute atomic E-state index is 9.98. The Balaban J connectivity index is 0. The van der Waals surface area contributed by atoms with E-state index in [1.54, 1.807) is 0 Å². The fourth-order valence-electron chi connectivity index (χ4n) is 0.319. The zero-order valence-corrected chi connectivity index (χ0v) is 5.93. The Hall–Kier alpha value is 0.870. The van der Waals surface area contributed by atoms with Gasteiger partial charge in [0.15, 0.2) is 0 Å². The molecule has 0 saturated heterocycles. The van der Waals surface area contributed by atoms with Gasteiger partial charge in [0.25, 0.3) is 10.1 Å². The first-order chi connectivity index (χ1) is 3.92. The third kappa shape index (κ3) is 11.6. The van der Waals surface area contributed by atoms with Gasteiger partial charge in [-0.2, -0.15) is 8.42 Å². The molecule has 10 heavy (non-hydrogen) atoms. The van der Waals surface area contributed by atoms with Gasteiger partial charge in [-0.25, -0.2) is 0 Å². The van der Waals surface area contributed by atoms with E-state index in [9.17, 15) is 8.42 Å². The van der Waals surface area contributed by atoms with Crippen molar-refractivity contribution in [1.29, 1.82) is 0 Å². The average Bonchev–Trinajstić information content (AvgIpc) is 1.59. The van der Waals surface area contributed by atoms with Crippen LogP contribution in [0, 0.1) is 0 Å². The normalized spacial score (nSPS) is 13.9. The zero-order valence-electron chi connectivity index (χ0n) is 5.11. The van der Waals surface area contributed by atoms with Gasteiger partial charge in [-0.15, -0.1) is 0 Å². The third-order valence-electron chi connectivity index (χ3n) is 0.794. The predicted octanol–water partition coefficient (Wildman–Crippen LogP) is -1.00. The summed E-state index contributed by atoms with van der Waals surface area (Å²) in [6, 6.07) is 0. The molecule has 0 aliphatic heterocycles. The van der Waals surface area contributed by atoms with Crippen molar-refractivity contribution < 1.29 is 18.1 Å². The minimum absolute atomic E-state index is 0. The molecule has 0 aliphatic rings. The summed E-state index contributed by atoms with van der Waals surface area (Å²) in [7, 11) is -3.88. The van der Waals surface area contributed by atoms with E-state index in [0.717, 1.165) is 0 Å². The molecule has 1 atom stereocenters. The van der Waals surface area contributed by atoms with E-state index in [-0.39, 0.29) is 41.7 Å². The first-order valence-electron chi connectivity index (χ1n) is 2.55. The second-order valence-corrected chi connectivity index (χ2v) is 3.50. The first kappa shape index (κ1) is 13.5. The quantitative estimate of drug-likeness (QED) is 0.429. The number of aliphatic hydroxyl groups excluding tert-OH is 1. The number of aliphatic hydroxyl groups is 1. The van der Waals surface area contributed by atoms with Crippen molar-refractivity contribution in [3.63, 3.8) is 0 Å². The summed E-state index contributed by atoms with van der Waals surface area (Å²) in [6.07, 6.45) is -0.592. The van der Waals surface area contributed by atoms with Crippen molar-refractivity contribution in [2.24, 2.45) is 0 Å². The Kier molecular flexibility index (Phi) is 7.42. The summed E-state index contributed by atoms with van der Waals surface area (Å²) < 4.78 is 28.1. The van der Waals surface area contributed by atoms with Gasteiger partial charge in [-0.05, 0) is 13.3 Å². The fourth-order valence-corrected chi connectivity index (χ4v) is 0.958. The van der Waals surface area contributed by atoms with E-state index >= 15 is 0 Å². The third-order valence-corrected chi connectivity index (χ3v) is 1.55. The molecule has 6 heteroatoms. The van der Waals surface area contributed by atoms with Crippen molar-refractivity contribution in [3.05, 3.63) is 0 Å².